The molecule has 9 nitrogen and oxygen atoms in total. The lowest BCUT2D eigenvalue weighted by Gasteiger charge is -2.48. The van der Waals surface area contributed by atoms with Crippen LogP contribution in [-0.2, 0) is 11.8 Å². The van der Waals surface area contributed by atoms with Gasteiger partial charge in [-0.1, -0.05) is 54.4 Å². The quantitative estimate of drug-likeness (QED) is 0.411. The predicted molar refractivity (Wildman–Crippen MR) is 137 cm³/mol. The summed E-state index contributed by atoms with van der Waals surface area (Å²) in [6, 6.07) is 14.6. The molecule has 180 valence electrons. The SMILES string of the molecule is CCNC1(C(N)=O)CN(c2nc(-c3ccc(Cl)cc3)c(-c3ccc(Cl)cc3)c3nn(C)c(=O)n23)C1. The van der Waals surface area contributed by atoms with E-state index in [0.29, 0.717) is 39.4 Å². The molecule has 0 bridgehead atoms. The first kappa shape index (κ1) is 23.3. The first-order chi connectivity index (χ1) is 16.7. The van der Waals surface area contributed by atoms with Crippen molar-refractivity contribution in [1.29, 1.82) is 0 Å². The molecular formula is C24H23Cl2N7O2. The van der Waals surface area contributed by atoms with Gasteiger partial charge in [-0.25, -0.2) is 18.9 Å². The summed E-state index contributed by atoms with van der Waals surface area (Å²) in [5.41, 5.74) is 7.81. The van der Waals surface area contributed by atoms with Gasteiger partial charge in [0, 0.05) is 35.7 Å². The molecule has 0 radical (unpaired) electrons. The number of fused-ring (bicyclic) bond motifs is 1. The molecule has 2 aromatic heterocycles. The van der Waals surface area contributed by atoms with E-state index in [1.54, 1.807) is 31.3 Å². The molecule has 1 aliphatic heterocycles. The first-order valence-electron chi connectivity index (χ1n) is 11.1. The third kappa shape index (κ3) is 3.85. The maximum absolute atomic E-state index is 13.2. The second-order valence-corrected chi connectivity index (χ2v) is 9.42. The van der Waals surface area contributed by atoms with Crippen LogP contribution in [0.3, 0.4) is 0 Å². The number of nitrogens with one attached hydrogen (secondary N) is 1. The molecule has 2 aromatic carbocycles. The van der Waals surface area contributed by atoms with Gasteiger partial charge < -0.3 is 16.0 Å². The van der Waals surface area contributed by atoms with E-state index in [2.05, 4.69) is 10.4 Å². The maximum atomic E-state index is 13.2. The molecule has 1 fully saturated rings. The van der Waals surface area contributed by atoms with Crippen molar-refractivity contribution in [2.24, 2.45) is 12.8 Å². The Morgan fingerprint density at radius 2 is 1.63 bits per heavy atom. The Morgan fingerprint density at radius 1 is 1.06 bits per heavy atom. The van der Waals surface area contributed by atoms with Gasteiger partial charge in [-0.3, -0.25) is 4.79 Å². The molecule has 0 saturated carbocycles. The number of carbonyl (C=O) groups excluding carboxylic acids is 1. The average molecular weight is 512 g/mol. The summed E-state index contributed by atoms with van der Waals surface area (Å²) in [5.74, 6) is -0.0587. The van der Waals surface area contributed by atoms with Crippen molar-refractivity contribution in [3.63, 3.8) is 0 Å². The summed E-state index contributed by atoms with van der Waals surface area (Å²) in [4.78, 5) is 32.2. The topological polar surface area (TPSA) is 111 Å². The number of hydrogen-bond acceptors (Lipinski definition) is 6. The van der Waals surface area contributed by atoms with Crippen LogP contribution in [0.5, 0.6) is 0 Å². The number of halogens is 2. The largest absolute Gasteiger partial charge is 0.368 e. The highest BCUT2D eigenvalue weighted by Crippen LogP contribution is 2.37. The minimum absolute atomic E-state index is 0.278. The number of aryl methyl sites for hydroxylation is 1. The van der Waals surface area contributed by atoms with Gasteiger partial charge in [-0.15, -0.1) is 5.10 Å². The molecule has 3 N–H and O–H groups in total. The molecular weight excluding hydrogens is 489 g/mol. The van der Waals surface area contributed by atoms with Crippen LogP contribution < -0.4 is 21.6 Å². The maximum Gasteiger partial charge on any atom is 0.352 e. The van der Waals surface area contributed by atoms with E-state index in [1.165, 1.54) is 9.08 Å². The fourth-order valence-corrected chi connectivity index (χ4v) is 4.72. The Bertz CT molecular complexity index is 1490. The minimum Gasteiger partial charge on any atom is -0.368 e. The summed E-state index contributed by atoms with van der Waals surface area (Å²) in [6.45, 7) is 3.05. The van der Waals surface area contributed by atoms with Crippen LogP contribution >= 0.6 is 23.2 Å². The number of carbonyl (C=O) groups is 1. The number of likely N-dealkylation sites (N-methyl/N-ethyl adjacent to an activating group) is 1. The van der Waals surface area contributed by atoms with Gasteiger partial charge in [0.1, 0.15) is 5.54 Å². The van der Waals surface area contributed by atoms with E-state index in [1.807, 2.05) is 36.1 Å². The summed E-state index contributed by atoms with van der Waals surface area (Å²) in [6.07, 6.45) is 0. The number of primary amides is 1. The monoisotopic (exact) mass is 511 g/mol. The molecule has 35 heavy (non-hydrogen) atoms. The third-order valence-corrected chi connectivity index (χ3v) is 6.74. The number of amides is 1. The van der Waals surface area contributed by atoms with Crippen LogP contribution in [0, 0.1) is 0 Å². The van der Waals surface area contributed by atoms with Gasteiger partial charge >= 0.3 is 5.69 Å². The highest BCUT2D eigenvalue weighted by Gasteiger charge is 2.49. The summed E-state index contributed by atoms with van der Waals surface area (Å²) in [5, 5.41) is 8.92. The summed E-state index contributed by atoms with van der Waals surface area (Å²) >= 11 is 12.3. The molecule has 11 heteroatoms. The molecule has 3 heterocycles. The van der Waals surface area contributed by atoms with Gasteiger partial charge in [0.05, 0.1) is 11.3 Å². The number of aromatic nitrogens is 4. The molecule has 1 aliphatic rings. The van der Waals surface area contributed by atoms with E-state index in [4.69, 9.17) is 33.9 Å². The number of rotatable bonds is 6. The van der Waals surface area contributed by atoms with Crippen molar-refractivity contribution in [2.45, 2.75) is 12.5 Å². The van der Waals surface area contributed by atoms with Gasteiger partial charge in [-0.2, -0.15) is 0 Å². The van der Waals surface area contributed by atoms with Crippen molar-refractivity contribution in [2.75, 3.05) is 24.5 Å². The van der Waals surface area contributed by atoms with Crippen LogP contribution in [0.15, 0.2) is 53.3 Å². The van der Waals surface area contributed by atoms with Crippen molar-refractivity contribution in [3.8, 4) is 22.4 Å². The lowest BCUT2D eigenvalue weighted by atomic mass is 9.89. The number of anilines is 1. The third-order valence-electron chi connectivity index (χ3n) is 6.24. The Hall–Kier alpha value is -3.40. The van der Waals surface area contributed by atoms with E-state index < -0.39 is 11.4 Å². The lowest BCUT2D eigenvalue weighted by Crippen LogP contribution is -2.75. The zero-order valence-corrected chi connectivity index (χ0v) is 20.6. The van der Waals surface area contributed by atoms with Crippen molar-refractivity contribution in [3.05, 3.63) is 69.1 Å². The Morgan fingerprint density at radius 3 is 2.17 bits per heavy atom. The molecule has 5 rings (SSSR count). The van der Waals surface area contributed by atoms with E-state index in [9.17, 15) is 9.59 Å². The Kier molecular flexibility index (Phi) is 5.79. The van der Waals surface area contributed by atoms with E-state index in [-0.39, 0.29) is 18.8 Å². The Balaban J connectivity index is 1.77. The molecule has 0 unspecified atom stereocenters. The molecule has 1 amide bonds. The number of nitrogens with two attached hydrogens (primary N) is 1. The van der Waals surface area contributed by atoms with Crippen LogP contribution in [-0.4, -0.2) is 50.2 Å². The lowest BCUT2D eigenvalue weighted by molar-refractivity contribution is -0.125. The second-order valence-electron chi connectivity index (χ2n) is 8.55. The highest BCUT2D eigenvalue weighted by atomic mass is 35.5. The number of hydrogen-bond donors (Lipinski definition) is 2. The standard InChI is InChI=1S/C24H23Cl2N7O2/c1-3-28-24(21(27)34)12-32(13-24)22-29-19(15-6-10-17(26)11-7-15)18(14-4-8-16(25)9-5-14)20-30-31(2)23(35)33(20)22/h4-11,28H,3,12-13H2,1-2H3,(H2,27,34). The number of nitrogens with zero attached hydrogens (tertiary/aromatic N) is 5. The zero-order chi connectivity index (χ0) is 24.9. The van der Waals surface area contributed by atoms with Gasteiger partial charge in [0.25, 0.3) is 0 Å². The molecule has 0 aliphatic carbocycles. The molecule has 0 spiro atoms. The highest BCUT2D eigenvalue weighted by molar-refractivity contribution is 6.31. The zero-order valence-electron chi connectivity index (χ0n) is 19.1. The predicted octanol–water partition coefficient (Wildman–Crippen LogP) is 2.72. The number of benzene rings is 2. The fourth-order valence-electron chi connectivity index (χ4n) is 4.47. The van der Waals surface area contributed by atoms with Crippen LogP contribution in [0.25, 0.3) is 28.0 Å². The van der Waals surface area contributed by atoms with Crippen molar-refractivity contribution < 1.29 is 4.79 Å². The van der Waals surface area contributed by atoms with Crippen LogP contribution in [0.1, 0.15) is 6.92 Å². The van der Waals surface area contributed by atoms with Crippen molar-refractivity contribution >= 4 is 40.7 Å². The molecule has 4 aromatic rings. The first-order valence-corrected chi connectivity index (χ1v) is 11.8. The van der Waals surface area contributed by atoms with Crippen LogP contribution in [0.4, 0.5) is 5.95 Å². The fraction of sp³-hybridized carbons (Fsp3) is 0.250. The normalized spacial score (nSPS) is 14.8. The summed E-state index contributed by atoms with van der Waals surface area (Å²) in [7, 11) is 1.59. The van der Waals surface area contributed by atoms with Crippen molar-refractivity contribution in [1.82, 2.24) is 24.5 Å². The Labute approximate surface area is 211 Å². The van der Waals surface area contributed by atoms with E-state index >= 15 is 0 Å². The van der Waals surface area contributed by atoms with Gasteiger partial charge in [0.2, 0.25) is 11.9 Å². The minimum atomic E-state index is -0.885. The average Bonchev–Trinajstić information content (AvgIpc) is 3.10. The molecule has 1 saturated heterocycles. The molecule has 0 atom stereocenters. The van der Waals surface area contributed by atoms with Gasteiger partial charge in [-0.05, 0) is 36.4 Å². The summed E-state index contributed by atoms with van der Waals surface area (Å²) < 4.78 is 2.75. The van der Waals surface area contributed by atoms with Gasteiger partial charge in [0.15, 0.2) is 5.65 Å². The van der Waals surface area contributed by atoms with E-state index in [0.717, 1.165) is 11.1 Å². The smallest absolute Gasteiger partial charge is 0.352 e. The van der Waals surface area contributed by atoms with Crippen LogP contribution in [0.2, 0.25) is 10.0 Å². The second kappa shape index (κ2) is 8.67.